The van der Waals surface area contributed by atoms with Crippen molar-refractivity contribution in [1.29, 1.82) is 0 Å². The Bertz CT molecular complexity index is 599. The lowest BCUT2D eigenvalue weighted by Crippen LogP contribution is -2.22. The number of benzene rings is 2. The van der Waals surface area contributed by atoms with E-state index < -0.39 is 0 Å². The summed E-state index contributed by atoms with van der Waals surface area (Å²) in [6, 6.07) is 15.2. The van der Waals surface area contributed by atoms with E-state index in [1.54, 1.807) is 18.2 Å². The van der Waals surface area contributed by atoms with E-state index in [2.05, 4.69) is 27.3 Å². The number of rotatable bonds is 5. The molecule has 20 heavy (non-hydrogen) atoms. The number of nitrogens with one attached hydrogen (secondary N) is 1. The van der Waals surface area contributed by atoms with Crippen LogP contribution in [-0.2, 0) is 6.54 Å². The van der Waals surface area contributed by atoms with Gasteiger partial charge in [0.15, 0.2) is 0 Å². The van der Waals surface area contributed by atoms with Gasteiger partial charge in [0.05, 0.1) is 0 Å². The molecule has 0 aromatic heterocycles. The van der Waals surface area contributed by atoms with Crippen LogP contribution in [0.1, 0.15) is 21.5 Å². The molecule has 0 atom stereocenters. The minimum Gasteiger partial charge on any atom is -0.482 e. The van der Waals surface area contributed by atoms with Crippen molar-refractivity contribution in [3.05, 3.63) is 65.2 Å². The van der Waals surface area contributed by atoms with Gasteiger partial charge in [0, 0.05) is 12.1 Å². The predicted molar refractivity (Wildman–Crippen MR) is 83.2 cm³/mol. The van der Waals surface area contributed by atoms with Gasteiger partial charge in [-0.3, -0.25) is 4.79 Å². The number of ether oxygens (including phenoxy) is 1. The molecule has 0 aliphatic heterocycles. The predicted octanol–water partition coefficient (Wildman–Crippen LogP) is 3.66. The van der Waals surface area contributed by atoms with E-state index >= 15 is 0 Å². The van der Waals surface area contributed by atoms with E-state index in [1.807, 2.05) is 31.2 Å². The molecule has 0 fully saturated rings. The molecule has 2 rings (SSSR count). The summed E-state index contributed by atoms with van der Waals surface area (Å²) in [6.45, 7) is 2.55. The maximum Gasteiger partial charge on any atom is 0.251 e. The summed E-state index contributed by atoms with van der Waals surface area (Å²) in [5.74, 6) is 0.566. The van der Waals surface area contributed by atoms with E-state index in [0.29, 0.717) is 23.4 Å². The zero-order valence-corrected chi connectivity index (χ0v) is 12.8. The minimum atomic E-state index is -0.105. The zero-order valence-electron chi connectivity index (χ0n) is 11.2. The molecule has 0 aliphatic rings. The number of alkyl halides is 1. The molecule has 0 radical (unpaired) electrons. The van der Waals surface area contributed by atoms with Crippen molar-refractivity contribution in [2.45, 2.75) is 13.5 Å². The molecule has 1 amide bonds. The Hall–Kier alpha value is -1.81. The minimum absolute atomic E-state index is 0.105. The van der Waals surface area contributed by atoms with Crippen molar-refractivity contribution in [3.8, 4) is 5.75 Å². The molecule has 1 N–H and O–H groups in total. The number of hydrogen-bond acceptors (Lipinski definition) is 2. The van der Waals surface area contributed by atoms with Gasteiger partial charge < -0.3 is 10.1 Å². The van der Waals surface area contributed by atoms with Gasteiger partial charge in [-0.2, -0.15) is 0 Å². The average Bonchev–Trinajstić information content (AvgIpc) is 2.45. The van der Waals surface area contributed by atoms with Crippen LogP contribution in [0.3, 0.4) is 0 Å². The smallest absolute Gasteiger partial charge is 0.251 e. The second-order valence-corrected chi connectivity index (χ2v) is 4.91. The second kappa shape index (κ2) is 7.10. The van der Waals surface area contributed by atoms with Gasteiger partial charge in [-0.25, -0.2) is 0 Å². The van der Waals surface area contributed by atoms with Crippen LogP contribution in [0.5, 0.6) is 5.75 Å². The van der Waals surface area contributed by atoms with E-state index in [-0.39, 0.29) is 5.91 Å². The molecule has 0 aliphatic carbocycles. The molecule has 3 nitrogen and oxygen atoms in total. The molecule has 0 saturated heterocycles. The largest absolute Gasteiger partial charge is 0.482 e. The van der Waals surface area contributed by atoms with E-state index in [4.69, 9.17) is 4.74 Å². The molecular weight excluding hydrogens is 318 g/mol. The van der Waals surface area contributed by atoms with Gasteiger partial charge in [0.1, 0.15) is 11.3 Å². The van der Waals surface area contributed by atoms with Crippen molar-refractivity contribution < 1.29 is 9.53 Å². The first-order valence-corrected chi connectivity index (χ1v) is 7.44. The molecule has 0 bridgehead atoms. The lowest BCUT2D eigenvalue weighted by Gasteiger charge is -2.08. The van der Waals surface area contributed by atoms with Crippen LogP contribution in [0.2, 0.25) is 0 Å². The Labute approximate surface area is 127 Å². The lowest BCUT2D eigenvalue weighted by atomic mass is 10.1. The van der Waals surface area contributed by atoms with Crippen LogP contribution in [-0.4, -0.2) is 11.4 Å². The standard InChI is InChI=1S/C16H16BrNO2/c1-12-4-2-5-13(8-12)10-18-16(19)14-6-3-7-15(9-14)20-11-17/h2-9H,10-11H2,1H3,(H,18,19). The third kappa shape index (κ3) is 4.10. The van der Waals surface area contributed by atoms with E-state index in [0.717, 1.165) is 5.56 Å². The highest BCUT2D eigenvalue weighted by atomic mass is 79.9. The lowest BCUT2D eigenvalue weighted by molar-refractivity contribution is 0.0950. The summed E-state index contributed by atoms with van der Waals surface area (Å²) < 4.78 is 5.31. The number of halogens is 1. The fourth-order valence-corrected chi connectivity index (χ4v) is 2.16. The van der Waals surface area contributed by atoms with Crippen LogP contribution in [0.25, 0.3) is 0 Å². The quantitative estimate of drug-likeness (QED) is 0.848. The van der Waals surface area contributed by atoms with Crippen molar-refractivity contribution in [2.75, 3.05) is 5.52 Å². The number of carbonyl (C=O) groups excluding carboxylic acids is 1. The van der Waals surface area contributed by atoms with Gasteiger partial charge in [0.25, 0.3) is 5.91 Å². The maximum absolute atomic E-state index is 12.1. The summed E-state index contributed by atoms with van der Waals surface area (Å²) in [7, 11) is 0. The Kier molecular flexibility index (Phi) is 5.18. The zero-order chi connectivity index (χ0) is 14.4. The maximum atomic E-state index is 12.1. The highest BCUT2D eigenvalue weighted by Crippen LogP contribution is 2.14. The first-order chi connectivity index (χ1) is 9.69. The normalized spacial score (nSPS) is 10.1. The van der Waals surface area contributed by atoms with Crippen LogP contribution in [0.4, 0.5) is 0 Å². The summed E-state index contributed by atoms with van der Waals surface area (Å²) in [6.07, 6.45) is 0. The molecule has 0 heterocycles. The monoisotopic (exact) mass is 333 g/mol. The molecule has 2 aromatic rings. The molecule has 4 heteroatoms. The van der Waals surface area contributed by atoms with E-state index in [9.17, 15) is 4.79 Å². The summed E-state index contributed by atoms with van der Waals surface area (Å²) in [4.78, 5) is 12.1. The van der Waals surface area contributed by atoms with Crippen LogP contribution < -0.4 is 10.1 Å². The third-order valence-corrected chi connectivity index (χ3v) is 3.08. The highest BCUT2D eigenvalue weighted by Gasteiger charge is 2.06. The van der Waals surface area contributed by atoms with E-state index in [1.165, 1.54) is 5.56 Å². The molecule has 0 unspecified atom stereocenters. The van der Waals surface area contributed by atoms with Crippen LogP contribution in [0, 0.1) is 6.92 Å². The number of carbonyl (C=O) groups is 1. The van der Waals surface area contributed by atoms with Crippen LogP contribution >= 0.6 is 15.9 Å². The first kappa shape index (κ1) is 14.6. The topological polar surface area (TPSA) is 38.3 Å². The summed E-state index contributed by atoms with van der Waals surface area (Å²) in [5.41, 5.74) is 3.27. The van der Waals surface area contributed by atoms with Gasteiger partial charge in [-0.15, -0.1) is 0 Å². The first-order valence-electron chi connectivity index (χ1n) is 6.31. The van der Waals surface area contributed by atoms with Gasteiger partial charge >= 0.3 is 0 Å². The fraction of sp³-hybridized carbons (Fsp3) is 0.188. The van der Waals surface area contributed by atoms with Crippen molar-refractivity contribution >= 4 is 21.8 Å². The number of hydrogen-bond donors (Lipinski definition) is 1. The van der Waals surface area contributed by atoms with Crippen molar-refractivity contribution in [1.82, 2.24) is 5.32 Å². The molecule has 2 aromatic carbocycles. The SMILES string of the molecule is Cc1cccc(CNC(=O)c2cccc(OCBr)c2)c1. The Morgan fingerprint density at radius 1 is 1.20 bits per heavy atom. The third-order valence-electron chi connectivity index (χ3n) is 2.85. The van der Waals surface area contributed by atoms with Crippen LogP contribution in [0.15, 0.2) is 48.5 Å². The Morgan fingerprint density at radius 3 is 2.75 bits per heavy atom. The van der Waals surface area contributed by atoms with Gasteiger partial charge in [-0.05, 0) is 46.6 Å². The molecule has 104 valence electrons. The Balaban J connectivity index is 1.99. The Morgan fingerprint density at radius 2 is 2.00 bits per heavy atom. The van der Waals surface area contributed by atoms with Crippen molar-refractivity contribution in [3.63, 3.8) is 0 Å². The molecular formula is C16H16BrNO2. The molecule has 0 saturated carbocycles. The van der Waals surface area contributed by atoms with Crippen molar-refractivity contribution in [2.24, 2.45) is 0 Å². The second-order valence-electron chi connectivity index (χ2n) is 4.45. The number of amides is 1. The average molecular weight is 334 g/mol. The molecule has 0 spiro atoms. The van der Waals surface area contributed by atoms with Gasteiger partial charge in [-0.1, -0.05) is 35.9 Å². The number of aryl methyl sites for hydroxylation is 1. The summed E-state index contributed by atoms with van der Waals surface area (Å²) in [5, 5.41) is 2.91. The van der Waals surface area contributed by atoms with Gasteiger partial charge in [0.2, 0.25) is 0 Å². The fourth-order valence-electron chi connectivity index (χ4n) is 1.90. The highest BCUT2D eigenvalue weighted by molar-refractivity contribution is 9.09. The summed E-state index contributed by atoms with van der Waals surface area (Å²) >= 11 is 3.19.